The van der Waals surface area contributed by atoms with Crippen LogP contribution in [0.1, 0.15) is 115 Å². The Morgan fingerprint density at radius 3 is 2.23 bits per heavy atom. The van der Waals surface area contributed by atoms with E-state index in [0.29, 0.717) is 12.5 Å². The fraction of sp³-hybridized carbons (Fsp3) is 0.535. The van der Waals surface area contributed by atoms with Gasteiger partial charge in [0.15, 0.2) is 22.6 Å². The van der Waals surface area contributed by atoms with Crippen LogP contribution in [0.25, 0.3) is 11.2 Å². The number of aliphatic hydroxyl groups is 1. The summed E-state index contributed by atoms with van der Waals surface area (Å²) in [5, 5.41) is 13.9. The highest BCUT2D eigenvalue weighted by atomic mass is 31.2. The molecule has 60 heavy (non-hydrogen) atoms. The van der Waals surface area contributed by atoms with Crippen molar-refractivity contribution in [3.05, 3.63) is 78.1 Å². The van der Waals surface area contributed by atoms with Crippen molar-refractivity contribution in [1.29, 1.82) is 0 Å². The maximum absolute atomic E-state index is 14.7. The number of carbonyl (C=O) groups excluding carboxylic acids is 1. The molecule has 5 atom stereocenters. The van der Waals surface area contributed by atoms with Gasteiger partial charge in [0.1, 0.15) is 42.4 Å². The summed E-state index contributed by atoms with van der Waals surface area (Å²) in [5.41, 5.74) is 4.00. The molecule has 0 aliphatic carbocycles. The first kappa shape index (κ1) is 46.5. The number of para-hydroxylation sites is 1. The zero-order chi connectivity index (χ0) is 43.0. The number of aliphatic hydroxyl groups excluding tert-OH is 1. The van der Waals surface area contributed by atoms with Crippen molar-refractivity contribution < 1.29 is 46.2 Å². The molecule has 1 aliphatic heterocycles. The molecule has 326 valence electrons. The highest BCUT2D eigenvalue weighted by molar-refractivity contribution is 7.52. The maximum atomic E-state index is 14.7. The van der Waals surface area contributed by atoms with Gasteiger partial charge >= 0.3 is 19.8 Å². The molecule has 1 aliphatic rings. The number of ether oxygens (including phenoxy) is 2. The van der Waals surface area contributed by atoms with Gasteiger partial charge in [0, 0.05) is 12.5 Å². The van der Waals surface area contributed by atoms with Crippen molar-refractivity contribution in [3.8, 4) is 18.1 Å². The van der Waals surface area contributed by atoms with E-state index in [9.17, 15) is 27.6 Å². The lowest BCUT2D eigenvalue weighted by Gasteiger charge is -2.30. The lowest BCUT2D eigenvalue weighted by atomic mass is 9.99. The molecule has 13 nitrogen and oxygen atoms in total. The third-order valence-corrected chi connectivity index (χ3v) is 12.0. The first-order valence-electron chi connectivity index (χ1n) is 20.8. The number of nitrogen functional groups attached to an aromatic ring is 1. The average molecular weight is 857 g/mol. The number of esters is 1. The number of nitrogens with two attached hydrogens (primary N) is 1. The van der Waals surface area contributed by atoms with Crippen LogP contribution in [-0.4, -0.2) is 61.6 Å². The maximum Gasteiger partial charge on any atom is 0.459 e. The Bertz CT molecular complexity index is 2050. The first-order chi connectivity index (χ1) is 28.9. The van der Waals surface area contributed by atoms with Crippen molar-refractivity contribution in [2.24, 2.45) is 0 Å². The molecule has 4 aromatic rings. The summed E-state index contributed by atoms with van der Waals surface area (Å²) in [6.45, 7) is 1.54. The Morgan fingerprint density at radius 2 is 1.62 bits per heavy atom. The minimum Gasteiger partial charge on any atom is -0.465 e. The molecule has 0 bridgehead atoms. The molecule has 0 unspecified atom stereocenters. The van der Waals surface area contributed by atoms with Crippen LogP contribution in [0.3, 0.4) is 0 Å². The number of nitrogens with zero attached hydrogens (tertiary/aromatic N) is 4. The largest absolute Gasteiger partial charge is 0.465 e. The molecular weight excluding hydrogens is 800 g/mol. The number of anilines is 1. The number of rotatable bonds is 26. The number of halogens is 3. The normalized spacial score (nSPS) is 19.2. The second-order valence-electron chi connectivity index (χ2n) is 15.2. The summed E-state index contributed by atoms with van der Waals surface area (Å²) in [4.78, 5) is 25.0. The number of nitrogens with one attached hydrogen (secondary N) is 1. The van der Waals surface area contributed by atoms with E-state index in [0.717, 1.165) is 37.8 Å². The van der Waals surface area contributed by atoms with E-state index in [1.165, 1.54) is 80.8 Å². The molecule has 17 heteroatoms. The van der Waals surface area contributed by atoms with Gasteiger partial charge in [-0.3, -0.25) is 13.9 Å². The molecule has 1 fully saturated rings. The smallest absolute Gasteiger partial charge is 0.459 e. The molecule has 2 aromatic heterocycles. The summed E-state index contributed by atoms with van der Waals surface area (Å²) >= 11 is 0. The van der Waals surface area contributed by atoms with Crippen molar-refractivity contribution in [1.82, 2.24) is 24.6 Å². The highest BCUT2D eigenvalue weighted by Crippen LogP contribution is 2.48. The molecule has 0 amide bonds. The number of hydrogen-bond acceptors (Lipinski definition) is 11. The van der Waals surface area contributed by atoms with Crippen LogP contribution in [0.15, 0.2) is 54.9 Å². The Balaban J connectivity index is 1.23. The van der Waals surface area contributed by atoms with Gasteiger partial charge in [0.05, 0.1) is 12.9 Å². The Hall–Kier alpha value is -4.52. The summed E-state index contributed by atoms with van der Waals surface area (Å²) in [6, 6.07) is 9.20. The van der Waals surface area contributed by atoms with E-state index < -0.39 is 62.0 Å². The number of carbonyl (C=O) groups is 1. The van der Waals surface area contributed by atoms with E-state index in [2.05, 4.69) is 32.9 Å². The predicted molar refractivity (Wildman–Crippen MR) is 221 cm³/mol. The van der Waals surface area contributed by atoms with E-state index in [1.807, 2.05) is 0 Å². The van der Waals surface area contributed by atoms with Crippen LogP contribution in [-0.2, 0) is 29.8 Å². The molecule has 0 spiro atoms. The van der Waals surface area contributed by atoms with Crippen LogP contribution in [0, 0.1) is 30.1 Å². The van der Waals surface area contributed by atoms with Crippen molar-refractivity contribution >= 4 is 30.7 Å². The fourth-order valence-corrected chi connectivity index (χ4v) is 8.66. The summed E-state index contributed by atoms with van der Waals surface area (Å²) in [6.07, 6.45) is 19.3. The Labute approximate surface area is 349 Å². The minimum absolute atomic E-state index is 0.0186. The SMILES string of the molecule is C#C[C@]1(CO[P@@](=O)(N[C@@H](Cc2cc(F)cc(F)c2)C(=O)OCCCCCCCCCCCCCCCC)Oc2ccccc2)O[C@@H](n2cnc3c(N)nc(F)nc32)C[C@@H]1O. The van der Waals surface area contributed by atoms with Crippen LogP contribution in [0.4, 0.5) is 19.0 Å². The lowest BCUT2D eigenvalue weighted by Crippen LogP contribution is -2.44. The lowest BCUT2D eigenvalue weighted by molar-refractivity contribution is -0.146. The molecule has 0 radical (unpaired) electrons. The van der Waals surface area contributed by atoms with Crippen LogP contribution >= 0.6 is 7.75 Å². The van der Waals surface area contributed by atoms with Gasteiger partial charge in [-0.25, -0.2) is 18.3 Å². The number of benzene rings is 2. The quantitative estimate of drug-likeness (QED) is 0.0180. The number of imidazole rings is 1. The van der Waals surface area contributed by atoms with E-state index in [4.69, 9.17) is 30.7 Å². The topological polar surface area (TPSA) is 173 Å². The zero-order valence-corrected chi connectivity index (χ0v) is 35.0. The van der Waals surface area contributed by atoms with Gasteiger partial charge < -0.3 is 24.8 Å². The van der Waals surface area contributed by atoms with Gasteiger partial charge in [-0.1, -0.05) is 115 Å². The van der Waals surface area contributed by atoms with Gasteiger partial charge in [0.2, 0.25) is 0 Å². The third-order valence-electron chi connectivity index (χ3n) is 10.4. The van der Waals surface area contributed by atoms with Gasteiger partial charge in [-0.15, -0.1) is 6.42 Å². The number of aromatic nitrogens is 4. The second-order valence-corrected chi connectivity index (χ2v) is 16.9. The highest BCUT2D eigenvalue weighted by Gasteiger charge is 2.50. The molecular formula is C43H56F3N6O7P. The molecule has 2 aromatic carbocycles. The van der Waals surface area contributed by atoms with Gasteiger partial charge in [0.25, 0.3) is 0 Å². The fourth-order valence-electron chi connectivity index (χ4n) is 7.14. The first-order valence-corrected chi connectivity index (χ1v) is 22.4. The zero-order valence-electron chi connectivity index (χ0n) is 34.1. The van der Waals surface area contributed by atoms with Crippen LogP contribution in [0.2, 0.25) is 0 Å². The predicted octanol–water partition coefficient (Wildman–Crippen LogP) is 8.91. The molecule has 4 N–H and O–H groups in total. The van der Waals surface area contributed by atoms with Gasteiger partial charge in [-0.2, -0.15) is 19.4 Å². The van der Waals surface area contributed by atoms with Crippen molar-refractivity contribution in [3.63, 3.8) is 0 Å². The summed E-state index contributed by atoms with van der Waals surface area (Å²) < 4.78 is 82.2. The standard InChI is InChI=1S/C43H56F3N6O7P/c1-3-5-6-7-8-9-10-11-12-13-14-15-16-20-23-56-41(54)35(26-31-24-32(44)27-33(45)25-31)51-60(55,59-34-21-18-17-19-22-34)57-29-43(4-2)36(53)28-37(58-43)52-30-48-38-39(47)49-42(46)50-40(38)52/h2,17-19,21-22,24-25,27,30,35-37,53H,3,5-16,20,23,26,28-29H2,1H3,(H,51,55)(H2,47,49,50)/t35-,36-,37+,43+,60-/m0/s1. The molecule has 3 heterocycles. The molecule has 5 rings (SSSR count). The van der Waals surface area contributed by atoms with Crippen LogP contribution in [0.5, 0.6) is 5.75 Å². The second kappa shape index (κ2) is 22.9. The Morgan fingerprint density at radius 1 is 1.00 bits per heavy atom. The van der Waals surface area contributed by atoms with Crippen molar-refractivity contribution in [2.45, 2.75) is 134 Å². The van der Waals surface area contributed by atoms with E-state index >= 15 is 0 Å². The monoisotopic (exact) mass is 856 g/mol. The number of unbranched alkanes of at least 4 members (excludes halogenated alkanes) is 13. The number of hydrogen-bond donors (Lipinski definition) is 3. The van der Waals surface area contributed by atoms with Gasteiger partial charge in [-0.05, 0) is 42.7 Å². The summed E-state index contributed by atoms with van der Waals surface area (Å²) in [5.74, 6) is -0.363. The number of terminal acetylenes is 1. The Kier molecular flexibility index (Phi) is 17.8. The van der Waals surface area contributed by atoms with Crippen LogP contribution < -0.4 is 15.3 Å². The number of fused-ring (bicyclic) bond motifs is 1. The third kappa shape index (κ3) is 13.5. The summed E-state index contributed by atoms with van der Waals surface area (Å²) in [7, 11) is -4.68. The molecule has 0 saturated carbocycles. The molecule has 1 saturated heterocycles. The average Bonchev–Trinajstić information content (AvgIpc) is 3.79. The van der Waals surface area contributed by atoms with Crippen molar-refractivity contribution in [2.75, 3.05) is 18.9 Å². The van der Waals surface area contributed by atoms with E-state index in [1.54, 1.807) is 18.2 Å². The van der Waals surface area contributed by atoms with E-state index in [-0.39, 0.29) is 47.7 Å². The minimum atomic E-state index is -4.68.